The van der Waals surface area contributed by atoms with Crippen molar-refractivity contribution in [3.05, 3.63) is 29.7 Å². The molecule has 0 spiro atoms. The van der Waals surface area contributed by atoms with Crippen molar-refractivity contribution in [3.8, 4) is 0 Å². The SMILES string of the molecule is CCn1nccc1C(=O)N1CCCCC1c1nc(C)no1. The maximum absolute atomic E-state index is 12.8. The lowest BCUT2D eigenvalue weighted by Gasteiger charge is -2.33. The summed E-state index contributed by atoms with van der Waals surface area (Å²) >= 11 is 0. The Labute approximate surface area is 122 Å². The highest BCUT2D eigenvalue weighted by atomic mass is 16.5. The van der Waals surface area contributed by atoms with E-state index in [2.05, 4.69) is 15.2 Å². The second-order valence-corrected chi connectivity index (χ2v) is 5.22. The van der Waals surface area contributed by atoms with E-state index in [1.54, 1.807) is 23.9 Å². The van der Waals surface area contributed by atoms with Gasteiger partial charge in [0.25, 0.3) is 5.91 Å². The molecular formula is C14H19N5O2. The first-order chi connectivity index (χ1) is 10.2. The summed E-state index contributed by atoms with van der Waals surface area (Å²) in [6, 6.07) is 1.63. The zero-order valence-corrected chi connectivity index (χ0v) is 12.3. The van der Waals surface area contributed by atoms with Crippen LogP contribution in [0.5, 0.6) is 0 Å². The van der Waals surface area contributed by atoms with Crippen LogP contribution in [0.3, 0.4) is 0 Å². The highest BCUT2D eigenvalue weighted by molar-refractivity contribution is 5.92. The molecule has 2 aromatic heterocycles. The van der Waals surface area contributed by atoms with Gasteiger partial charge in [-0.15, -0.1) is 0 Å². The molecule has 3 heterocycles. The predicted molar refractivity (Wildman–Crippen MR) is 74.6 cm³/mol. The average Bonchev–Trinajstić information content (AvgIpc) is 3.15. The van der Waals surface area contributed by atoms with Crippen molar-refractivity contribution < 1.29 is 9.32 Å². The number of amides is 1. The van der Waals surface area contributed by atoms with E-state index in [0.717, 1.165) is 19.3 Å². The van der Waals surface area contributed by atoms with E-state index < -0.39 is 0 Å². The lowest BCUT2D eigenvalue weighted by Crippen LogP contribution is -2.39. The molecule has 112 valence electrons. The number of rotatable bonds is 3. The first-order valence-electron chi connectivity index (χ1n) is 7.33. The first-order valence-corrected chi connectivity index (χ1v) is 7.33. The number of carbonyl (C=O) groups is 1. The first kappa shape index (κ1) is 13.8. The molecule has 1 aliphatic heterocycles. The molecule has 1 atom stereocenters. The zero-order chi connectivity index (χ0) is 14.8. The molecule has 1 fully saturated rings. The van der Waals surface area contributed by atoms with Gasteiger partial charge in [-0.1, -0.05) is 5.16 Å². The third kappa shape index (κ3) is 2.55. The van der Waals surface area contributed by atoms with Crippen molar-refractivity contribution >= 4 is 5.91 Å². The molecule has 0 aliphatic carbocycles. The summed E-state index contributed by atoms with van der Waals surface area (Å²) in [4.78, 5) is 18.9. The highest BCUT2D eigenvalue weighted by Gasteiger charge is 2.33. The number of nitrogens with zero attached hydrogens (tertiary/aromatic N) is 5. The van der Waals surface area contributed by atoms with Crippen LogP contribution >= 0.6 is 0 Å². The number of hydrogen-bond donors (Lipinski definition) is 0. The van der Waals surface area contributed by atoms with E-state index in [-0.39, 0.29) is 11.9 Å². The molecule has 0 aromatic carbocycles. The van der Waals surface area contributed by atoms with E-state index in [4.69, 9.17) is 4.52 Å². The number of likely N-dealkylation sites (tertiary alicyclic amines) is 1. The minimum absolute atomic E-state index is 0.0186. The molecule has 0 radical (unpaired) electrons. The van der Waals surface area contributed by atoms with E-state index in [0.29, 0.717) is 30.5 Å². The van der Waals surface area contributed by atoms with Crippen LogP contribution in [0.1, 0.15) is 54.4 Å². The van der Waals surface area contributed by atoms with Gasteiger partial charge < -0.3 is 9.42 Å². The summed E-state index contributed by atoms with van der Waals surface area (Å²) in [5.74, 6) is 1.11. The van der Waals surface area contributed by atoms with Gasteiger partial charge in [-0.2, -0.15) is 10.1 Å². The second kappa shape index (κ2) is 5.67. The number of piperidine rings is 1. The Morgan fingerprint density at radius 1 is 1.48 bits per heavy atom. The molecule has 0 saturated carbocycles. The van der Waals surface area contributed by atoms with Crippen LogP contribution in [0.4, 0.5) is 0 Å². The van der Waals surface area contributed by atoms with Crippen LogP contribution in [-0.4, -0.2) is 37.3 Å². The number of carbonyl (C=O) groups excluding carboxylic acids is 1. The fourth-order valence-corrected chi connectivity index (χ4v) is 2.79. The summed E-state index contributed by atoms with van der Waals surface area (Å²) in [6.07, 6.45) is 4.57. The van der Waals surface area contributed by atoms with Gasteiger partial charge in [0.15, 0.2) is 5.82 Å². The normalized spacial score (nSPS) is 19.0. The minimum atomic E-state index is -0.132. The van der Waals surface area contributed by atoms with Gasteiger partial charge in [0.05, 0.1) is 0 Å². The summed E-state index contributed by atoms with van der Waals surface area (Å²) in [6.45, 7) is 5.14. The van der Waals surface area contributed by atoms with Gasteiger partial charge in [0.1, 0.15) is 11.7 Å². The molecule has 21 heavy (non-hydrogen) atoms. The van der Waals surface area contributed by atoms with E-state index in [1.165, 1.54) is 0 Å². The van der Waals surface area contributed by atoms with Crippen LogP contribution in [0.2, 0.25) is 0 Å². The Morgan fingerprint density at radius 3 is 3.05 bits per heavy atom. The molecule has 0 bridgehead atoms. The Hall–Kier alpha value is -2.18. The summed E-state index contributed by atoms with van der Waals surface area (Å²) in [7, 11) is 0. The van der Waals surface area contributed by atoms with Crippen LogP contribution in [0.25, 0.3) is 0 Å². The summed E-state index contributed by atoms with van der Waals surface area (Å²) < 4.78 is 7.00. The quantitative estimate of drug-likeness (QED) is 0.863. The summed E-state index contributed by atoms with van der Waals surface area (Å²) in [5.41, 5.74) is 0.612. The van der Waals surface area contributed by atoms with Crippen molar-refractivity contribution in [2.45, 2.75) is 45.7 Å². The molecular weight excluding hydrogens is 270 g/mol. The Kier molecular flexibility index (Phi) is 3.72. The number of hydrogen-bond acceptors (Lipinski definition) is 5. The van der Waals surface area contributed by atoms with Gasteiger partial charge in [-0.25, -0.2) is 0 Å². The van der Waals surface area contributed by atoms with Crippen LogP contribution in [-0.2, 0) is 6.54 Å². The van der Waals surface area contributed by atoms with Crippen molar-refractivity contribution in [2.24, 2.45) is 0 Å². The van der Waals surface area contributed by atoms with Crippen LogP contribution < -0.4 is 0 Å². The topological polar surface area (TPSA) is 77.1 Å². The third-order valence-corrected chi connectivity index (χ3v) is 3.83. The maximum Gasteiger partial charge on any atom is 0.272 e. The van der Waals surface area contributed by atoms with Gasteiger partial charge in [-0.3, -0.25) is 9.48 Å². The van der Waals surface area contributed by atoms with Gasteiger partial charge in [0.2, 0.25) is 5.89 Å². The fraction of sp³-hybridized carbons (Fsp3) is 0.571. The maximum atomic E-state index is 12.8. The molecule has 7 nitrogen and oxygen atoms in total. The van der Waals surface area contributed by atoms with Gasteiger partial charge in [0, 0.05) is 19.3 Å². The molecule has 0 N–H and O–H groups in total. The van der Waals surface area contributed by atoms with Crippen LogP contribution in [0.15, 0.2) is 16.8 Å². The minimum Gasteiger partial charge on any atom is -0.337 e. The fourth-order valence-electron chi connectivity index (χ4n) is 2.79. The predicted octanol–water partition coefficient (Wildman–Crippen LogP) is 1.96. The average molecular weight is 289 g/mol. The summed E-state index contributed by atoms with van der Waals surface area (Å²) in [5, 5.41) is 8.01. The van der Waals surface area contributed by atoms with Crippen molar-refractivity contribution in [1.29, 1.82) is 0 Å². The van der Waals surface area contributed by atoms with Crippen LogP contribution in [0, 0.1) is 6.92 Å². The molecule has 1 unspecified atom stereocenters. The molecule has 2 aromatic rings. The van der Waals surface area contributed by atoms with Crippen molar-refractivity contribution in [1.82, 2.24) is 24.8 Å². The third-order valence-electron chi connectivity index (χ3n) is 3.83. The number of aromatic nitrogens is 4. The molecule has 7 heteroatoms. The molecule has 1 aliphatic rings. The zero-order valence-electron chi connectivity index (χ0n) is 12.3. The lowest BCUT2D eigenvalue weighted by molar-refractivity contribution is 0.0549. The van der Waals surface area contributed by atoms with Crippen molar-refractivity contribution in [3.63, 3.8) is 0 Å². The smallest absolute Gasteiger partial charge is 0.272 e. The van der Waals surface area contributed by atoms with Gasteiger partial charge >= 0.3 is 0 Å². The van der Waals surface area contributed by atoms with E-state index >= 15 is 0 Å². The molecule has 1 saturated heterocycles. The second-order valence-electron chi connectivity index (χ2n) is 5.22. The Morgan fingerprint density at radius 2 is 2.33 bits per heavy atom. The van der Waals surface area contributed by atoms with Crippen molar-refractivity contribution in [2.75, 3.05) is 6.54 Å². The lowest BCUT2D eigenvalue weighted by atomic mass is 10.0. The van der Waals surface area contributed by atoms with Gasteiger partial charge in [-0.05, 0) is 39.2 Å². The highest BCUT2D eigenvalue weighted by Crippen LogP contribution is 2.31. The monoisotopic (exact) mass is 289 g/mol. The Balaban J connectivity index is 1.89. The van der Waals surface area contributed by atoms with E-state index in [9.17, 15) is 4.79 Å². The number of aryl methyl sites for hydroxylation is 2. The molecule has 1 amide bonds. The largest absolute Gasteiger partial charge is 0.337 e. The standard InChI is InChI=1S/C14H19N5O2/c1-3-19-12(7-8-15-19)14(20)18-9-5-4-6-11(18)13-16-10(2)17-21-13/h7-8,11H,3-6,9H2,1-2H3. The Bertz CT molecular complexity index is 633. The molecule has 3 rings (SSSR count). The van der Waals surface area contributed by atoms with E-state index in [1.807, 2.05) is 11.8 Å².